The fraction of sp³-hybridized carbons (Fsp3) is 1.00. The molecule has 2 N–H and O–H groups in total. The summed E-state index contributed by atoms with van der Waals surface area (Å²) in [5.41, 5.74) is 6.49. The van der Waals surface area contributed by atoms with Crippen LogP contribution in [-0.2, 0) is 0 Å². The molecule has 2 rings (SSSR count). The zero-order valence-electron chi connectivity index (χ0n) is 11.0. The molecule has 1 saturated heterocycles. The quantitative estimate of drug-likeness (QED) is 0.798. The van der Waals surface area contributed by atoms with E-state index < -0.39 is 0 Å². The molecule has 0 aromatic carbocycles. The Morgan fingerprint density at radius 3 is 2.38 bits per heavy atom. The van der Waals surface area contributed by atoms with Crippen LogP contribution in [0, 0.1) is 5.92 Å². The number of hydrogen-bond acceptors (Lipinski definition) is 2. The molecule has 1 saturated carbocycles. The molecular weight excluding hydrogens is 196 g/mol. The summed E-state index contributed by atoms with van der Waals surface area (Å²) in [6.45, 7) is 6.87. The van der Waals surface area contributed by atoms with Gasteiger partial charge >= 0.3 is 0 Å². The van der Waals surface area contributed by atoms with Crippen LogP contribution in [0.25, 0.3) is 0 Å². The fourth-order valence-electron chi connectivity index (χ4n) is 3.87. The molecule has 0 aromatic rings. The summed E-state index contributed by atoms with van der Waals surface area (Å²) in [6, 6.07) is 0.765. The van der Waals surface area contributed by atoms with E-state index in [0.29, 0.717) is 5.54 Å². The lowest BCUT2D eigenvalue weighted by molar-refractivity contribution is 0.0364. The summed E-state index contributed by atoms with van der Waals surface area (Å²) in [6.07, 6.45) is 9.59. The first kappa shape index (κ1) is 12.4. The van der Waals surface area contributed by atoms with Gasteiger partial charge in [-0.1, -0.05) is 13.3 Å². The van der Waals surface area contributed by atoms with E-state index in [1.165, 1.54) is 51.5 Å². The first-order valence-corrected chi connectivity index (χ1v) is 7.18. The summed E-state index contributed by atoms with van der Waals surface area (Å²) in [5.74, 6) is 0.970. The summed E-state index contributed by atoms with van der Waals surface area (Å²) in [5, 5.41) is 0. The zero-order chi connectivity index (χ0) is 11.6. The van der Waals surface area contributed by atoms with Crippen molar-refractivity contribution in [3.8, 4) is 0 Å². The highest BCUT2D eigenvalue weighted by atomic mass is 15.2. The molecule has 16 heavy (non-hydrogen) atoms. The molecule has 1 aliphatic carbocycles. The van der Waals surface area contributed by atoms with Gasteiger partial charge in [-0.25, -0.2) is 0 Å². The van der Waals surface area contributed by atoms with E-state index in [1.807, 2.05) is 0 Å². The van der Waals surface area contributed by atoms with Gasteiger partial charge in [0.15, 0.2) is 0 Å². The predicted octanol–water partition coefficient (Wildman–Crippen LogP) is 2.77. The molecule has 1 unspecified atom stereocenters. The molecule has 2 aliphatic rings. The maximum atomic E-state index is 6.13. The highest BCUT2D eigenvalue weighted by molar-refractivity contribution is 4.99. The lowest BCUT2D eigenvalue weighted by Gasteiger charge is -2.48. The molecule has 2 nitrogen and oxygen atoms in total. The topological polar surface area (TPSA) is 29.3 Å². The van der Waals surface area contributed by atoms with Gasteiger partial charge in [-0.2, -0.15) is 0 Å². The summed E-state index contributed by atoms with van der Waals surface area (Å²) in [7, 11) is 0. The van der Waals surface area contributed by atoms with Gasteiger partial charge in [0.2, 0.25) is 0 Å². The number of likely N-dealkylation sites (tertiary alicyclic amines) is 1. The average Bonchev–Trinajstić information content (AvgIpc) is 2.76. The Labute approximate surface area is 101 Å². The molecule has 2 fully saturated rings. The molecule has 1 atom stereocenters. The Morgan fingerprint density at radius 1 is 1.25 bits per heavy atom. The maximum absolute atomic E-state index is 6.13. The third-order valence-electron chi connectivity index (χ3n) is 5.16. The standard InChI is InChI=1S/C14H28N2/c1-3-13-6-8-14(11-15,9-7-13)16-10-4-5-12(16)2/h12-13H,3-11,15H2,1-2H3. The smallest absolute Gasteiger partial charge is 0.0334 e. The van der Waals surface area contributed by atoms with E-state index in [4.69, 9.17) is 5.73 Å². The Morgan fingerprint density at radius 2 is 1.94 bits per heavy atom. The summed E-state index contributed by atoms with van der Waals surface area (Å²) in [4.78, 5) is 2.74. The van der Waals surface area contributed by atoms with E-state index >= 15 is 0 Å². The van der Waals surface area contributed by atoms with Gasteiger partial charge in [-0.15, -0.1) is 0 Å². The van der Waals surface area contributed by atoms with E-state index in [2.05, 4.69) is 18.7 Å². The minimum atomic E-state index is 0.363. The van der Waals surface area contributed by atoms with Crippen molar-refractivity contribution in [1.29, 1.82) is 0 Å². The second-order valence-electron chi connectivity index (χ2n) is 5.96. The maximum Gasteiger partial charge on any atom is 0.0334 e. The van der Waals surface area contributed by atoms with Gasteiger partial charge in [0.05, 0.1) is 0 Å². The van der Waals surface area contributed by atoms with Crippen LogP contribution >= 0.6 is 0 Å². The highest BCUT2D eigenvalue weighted by Crippen LogP contribution is 2.40. The van der Waals surface area contributed by atoms with Gasteiger partial charge in [0.25, 0.3) is 0 Å². The normalized spacial score (nSPS) is 41.4. The van der Waals surface area contributed by atoms with Crippen LogP contribution in [-0.4, -0.2) is 29.6 Å². The predicted molar refractivity (Wildman–Crippen MR) is 69.4 cm³/mol. The van der Waals surface area contributed by atoms with Crippen molar-refractivity contribution in [2.24, 2.45) is 11.7 Å². The van der Waals surface area contributed by atoms with Crippen molar-refractivity contribution in [3.63, 3.8) is 0 Å². The SMILES string of the molecule is CCC1CCC(CN)(N2CCCC2C)CC1. The van der Waals surface area contributed by atoms with Gasteiger partial charge < -0.3 is 5.73 Å². The number of nitrogens with two attached hydrogens (primary N) is 1. The Bertz CT molecular complexity index is 219. The van der Waals surface area contributed by atoms with Crippen molar-refractivity contribution < 1.29 is 0 Å². The molecule has 0 spiro atoms. The Balaban J connectivity index is 2.03. The third-order valence-corrected chi connectivity index (χ3v) is 5.16. The third kappa shape index (κ3) is 2.14. The average molecular weight is 224 g/mol. The van der Waals surface area contributed by atoms with Crippen LogP contribution in [0.5, 0.6) is 0 Å². The van der Waals surface area contributed by atoms with Crippen molar-refractivity contribution in [2.45, 2.75) is 70.4 Å². The van der Waals surface area contributed by atoms with Crippen LogP contribution < -0.4 is 5.73 Å². The van der Waals surface area contributed by atoms with Crippen molar-refractivity contribution in [3.05, 3.63) is 0 Å². The van der Waals surface area contributed by atoms with Crippen LogP contribution in [0.3, 0.4) is 0 Å². The molecule has 0 radical (unpaired) electrons. The van der Waals surface area contributed by atoms with Gasteiger partial charge in [-0.3, -0.25) is 4.90 Å². The van der Waals surface area contributed by atoms with Crippen molar-refractivity contribution in [1.82, 2.24) is 4.90 Å². The number of nitrogens with zero attached hydrogens (tertiary/aromatic N) is 1. The monoisotopic (exact) mass is 224 g/mol. The molecular formula is C14H28N2. The second-order valence-corrected chi connectivity index (χ2v) is 5.96. The van der Waals surface area contributed by atoms with Crippen LogP contribution in [0.2, 0.25) is 0 Å². The molecule has 1 aliphatic heterocycles. The largest absolute Gasteiger partial charge is 0.329 e. The first-order chi connectivity index (χ1) is 7.72. The number of hydrogen-bond donors (Lipinski definition) is 1. The second kappa shape index (κ2) is 5.05. The molecule has 0 aromatic heterocycles. The van der Waals surface area contributed by atoms with Crippen LogP contribution in [0.4, 0.5) is 0 Å². The van der Waals surface area contributed by atoms with Gasteiger partial charge in [0.1, 0.15) is 0 Å². The summed E-state index contributed by atoms with van der Waals surface area (Å²) < 4.78 is 0. The fourth-order valence-corrected chi connectivity index (χ4v) is 3.87. The van der Waals surface area contributed by atoms with Crippen LogP contribution in [0.1, 0.15) is 58.8 Å². The lowest BCUT2D eigenvalue weighted by Crippen LogP contribution is -2.56. The first-order valence-electron chi connectivity index (χ1n) is 7.18. The highest BCUT2D eigenvalue weighted by Gasteiger charge is 2.42. The van der Waals surface area contributed by atoms with E-state index in [-0.39, 0.29) is 0 Å². The van der Waals surface area contributed by atoms with Gasteiger partial charge in [-0.05, 0) is 57.9 Å². The van der Waals surface area contributed by atoms with Gasteiger partial charge in [0, 0.05) is 18.1 Å². The van der Waals surface area contributed by atoms with Crippen LogP contribution in [0.15, 0.2) is 0 Å². The van der Waals surface area contributed by atoms with E-state index in [1.54, 1.807) is 0 Å². The Hall–Kier alpha value is -0.0800. The molecule has 94 valence electrons. The minimum absolute atomic E-state index is 0.363. The zero-order valence-corrected chi connectivity index (χ0v) is 11.0. The lowest BCUT2D eigenvalue weighted by atomic mass is 9.74. The van der Waals surface area contributed by atoms with E-state index in [9.17, 15) is 0 Å². The van der Waals surface area contributed by atoms with Crippen molar-refractivity contribution in [2.75, 3.05) is 13.1 Å². The Kier molecular flexibility index (Phi) is 3.91. The van der Waals surface area contributed by atoms with Crippen molar-refractivity contribution >= 4 is 0 Å². The molecule has 2 heteroatoms. The van der Waals surface area contributed by atoms with E-state index in [0.717, 1.165) is 18.5 Å². The molecule has 1 heterocycles. The summed E-state index contributed by atoms with van der Waals surface area (Å²) >= 11 is 0. The number of rotatable bonds is 3. The molecule has 0 amide bonds. The molecule has 0 bridgehead atoms. The minimum Gasteiger partial charge on any atom is -0.329 e.